The van der Waals surface area contributed by atoms with Gasteiger partial charge < -0.3 is 10.7 Å². The largest absolute Gasteiger partial charge is 0.346 e. The first-order valence-electron chi connectivity index (χ1n) is 5.66. The Hall–Kier alpha value is -2.48. The number of nitrogen functional groups attached to an aromatic ring is 1. The van der Waals surface area contributed by atoms with Crippen LogP contribution in [0.3, 0.4) is 0 Å². The van der Waals surface area contributed by atoms with Crippen molar-refractivity contribution in [2.75, 3.05) is 5.43 Å². The molecule has 0 saturated carbocycles. The molecule has 100 valence electrons. The van der Waals surface area contributed by atoms with Crippen molar-refractivity contribution >= 4 is 11.7 Å². The maximum absolute atomic E-state index is 11.9. The number of anilines is 1. The van der Waals surface area contributed by atoms with Crippen molar-refractivity contribution in [3.63, 3.8) is 0 Å². The van der Waals surface area contributed by atoms with Gasteiger partial charge in [0.15, 0.2) is 5.82 Å². The predicted molar refractivity (Wildman–Crippen MR) is 69.0 cm³/mol. The van der Waals surface area contributed by atoms with Gasteiger partial charge in [-0.3, -0.25) is 14.5 Å². The quantitative estimate of drug-likeness (QED) is 0.516. The Bertz CT molecular complexity index is 592. The molecular weight excluding hydrogens is 246 g/mol. The van der Waals surface area contributed by atoms with Crippen molar-refractivity contribution in [2.24, 2.45) is 12.9 Å². The van der Waals surface area contributed by atoms with E-state index in [-0.39, 0.29) is 11.6 Å². The van der Waals surface area contributed by atoms with E-state index in [0.717, 1.165) is 11.3 Å². The second-order valence-electron chi connectivity index (χ2n) is 4.03. The summed E-state index contributed by atoms with van der Waals surface area (Å²) in [7, 11) is 1.83. The molecule has 2 aromatic rings. The number of nitrogens with zero attached hydrogens (tertiary/aromatic N) is 4. The fourth-order valence-electron chi connectivity index (χ4n) is 1.63. The molecular formula is C11H15N7O. The lowest BCUT2D eigenvalue weighted by molar-refractivity contribution is 0.0945. The number of carbonyl (C=O) groups excluding carboxylic acids is 1. The molecule has 2 heterocycles. The fraction of sp³-hybridized carbons (Fsp3) is 0.273. The summed E-state index contributed by atoms with van der Waals surface area (Å²) in [5, 5.41) is 6.96. The summed E-state index contributed by atoms with van der Waals surface area (Å²) in [6, 6.07) is 0. The van der Waals surface area contributed by atoms with Crippen LogP contribution in [0.25, 0.3) is 0 Å². The third-order valence-corrected chi connectivity index (χ3v) is 2.57. The van der Waals surface area contributed by atoms with Gasteiger partial charge in [0.25, 0.3) is 5.91 Å². The summed E-state index contributed by atoms with van der Waals surface area (Å²) < 4.78 is 1.70. The molecule has 0 atom stereocenters. The third-order valence-electron chi connectivity index (χ3n) is 2.57. The van der Waals surface area contributed by atoms with Crippen LogP contribution in [0.2, 0.25) is 0 Å². The van der Waals surface area contributed by atoms with Gasteiger partial charge in [0.1, 0.15) is 5.69 Å². The Balaban J connectivity index is 2.03. The van der Waals surface area contributed by atoms with E-state index in [0.29, 0.717) is 12.4 Å². The number of aryl methyl sites for hydroxylation is 2. The summed E-state index contributed by atoms with van der Waals surface area (Å²) in [5.74, 6) is 5.24. The molecule has 1 amide bonds. The van der Waals surface area contributed by atoms with E-state index in [2.05, 4.69) is 25.8 Å². The highest BCUT2D eigenvalue weighted by Gasteiger charge is 2.10. The van der Waals surface area contributed by atoms with Gasteiger partial charge in [0.05, 0.1) is 18.1 Å². The molecule has 0 aliphatic heterocycles. The Kier molecular flexibility index (Phi) is 3.71. The van der Waals surface area contributed by atoms with E-state index in [4.69, 9.17) is 5.84 Å². The first kappa shape index (κ1) is 13.0. The van der Waals surface area contributed by atoms with Crippen LogP contribution in [-0.2, 0) is 13.6 Å². The summed E-state index contributed by atoms with van der Waals surface area (Å²) in [6.07, 6.45) is 4.67. The molecule has 0 spiro atoms. The van der Waals surface area contributed by atoms with Gasteiger partial charge in [-0.15, -0.1) is 0 Å². The van der Waals surface area contributed by atoms with Gasteiger partial charge in [-0.1, -0.05) is 0 Å². The molecule has 8 heteroatoms. The molecule has 0 unspecified atom stereocenters. The number of amides is 1. The van der Waals surface area contributed by atoms with E-state index in [9.17, 15) is 4.79 Å². The number of hydrazine groups is 1. The first-order chi connectivity index (χ1) is 9.10. The maximum Gasteiger partial charge on any atom is 0.271 e. The average molecular weight is 261 g/mol. The average Bonchev–Trinajstić information content (AvgIpc) is 2.74. The highest BCUT2D eigenvalue weighted by Crippen LogP contribution is 2.05. The maximum atomic E-state index is 11.9. The minimum atomic E-state index is -0.312. The fourth-order valence-corrected chi connectivity index (χ4v) is 1.63. The van der Waals surface area contributed by atoms with Gasteiger partial charge in [-0.05, 0) is 6.92 Å². The Morgan fingerprint density at radius 3 is 2.89 bits per heavy atom. The van der Waals surface area contributed by atoms with Crippen LogP contribution in [0.4, 0.5) is 5.82 Å². The summed E-state index contributed by atoms with van der Waals surface area (Å²) >= 11 is 0. The topological polar surface area (TPSA) is 111 Å². The number of rotatable bonds is 4. The highest BCUT2D eigenvalue weighted by molar-refractivity contribution is 5.92. The number of aromatic nitrogens is 4. The van der Waals surface area contributed by atoms with Crippen molar-refractivity contribution in [1.82, 2.24) is 25.1 Å². The highest BCUT2D eigenvalue weighted by atomic mass is 16.1. The van der Waals surface area contributed by atoms with Crippen LogP contribution in [0.1, 0.15) is 21.7 Å². The molecule has 0 aromatic carbocycles. The van der Waals surface area contributed by atoms with Gasteiger partial charge in [0, 0.05) is 25.4 Å². The van der Waals surface area contributed by atoms with Crippen LogP contribution >= 0.6 is 0 Å². The zero-order chi connectivity index (χ0) is 13.8. The van der Waals surface area contributed by atoms with Crippen molar-refractivity contribution < 1.29 is 4.79 Å². The van der Waals surface area contributed by atoms with Gasteiger partial charge in [-0.25, -0.2) is 10.8 Å². The molecule has 0 bridgehead atoms. The number of carbonyl (C=O) groups is 1. The van der Waals surface area contributed by atoms with Crippen molar-refractivity contribution in [3.8, 4) is 0 Å². The van der Waals surface area contributed by atoms with Crippen LogP contribution in [0, 0.1) is 6.92 Å². The Labute approximate surface area is 110 Å². The SMILES string of the molecule is Cc1nn(C)cc1CNC(=O)c1cncc(NN)n1. The lowest BCUT2D eigenvalue weighted by Gasteiger charge is -2.04. The van der Waals surface area contributed by atoms with Crippen LogP contribution in [0.15, 0.2) is 18.6 Å². The zero-order valence-electron chi connectivity index (χ0n) is 10.7. The van der Waals surface area contributed by atoms with Gasteiger partial charge in [-0.2, -0.15) is 5.10 Å². The lowest BCUT2D eigenvalue weighted by Crippen LogP contribution is -2.24. The molecule has 4 N–H and O–H groups in total. The third kappa shape index (κ3) is 3.05. The number of hydrogen-bond acceptors (Lipinski definition) is 6. The summed E-state index contributed by atoms with van der Waals surface area (Å²) in [4.78, 5) is 19.8. The molecule has 0 saturated heterocycles. The minimum absolute atomic E-state index is 0.206. The van der Waals surface area contributed by atoms with Crippen molar-refractivity contribution in [1.29, 1.82) is 0 Å². The molecule has 2 aromatic heterocycles. The van der Waals surface area contributed by atoms with E-state index in [1.54, 1.807) is 4.68 Å². The lowest BCUT2D eigenvalue weighted by atomic mass is 10.2. The smallest absolute Gasteiger partial charge is 0.271 e. The standard InChI is InChI=1S/C11H15N7O/c1-7-8(6-18(2)17-7)3-14-11(19)9-4-13-5-10(15-9)16-12/h4-6H,3,12H2,1-2H3,(H,14,19)(H,15,16). The number of hydrogen-bond donors (Lipinski definition) is 3. The van der Waals surface area contributed by atoms with E-state index < -0.39 is 0 Å². The number of nitrogens with one attached hydrogen (secondary N) is 2. The predicted octanol–water partition coefficient (Wildman–Crippen LogP) is -0.266. The van der Waals surface area contributed by atoms with Crippen LogP contribution < -0.4 is 16.6 Å². The molecule has 0 aliphatic rings. The van der Waals surface area contributed by atoms with E-state index in [1.165, 1.54) is 12.4 Å². The van der Waals surface area contributed by atoms with E-state index >= 15 is 0 Å². The normalized spacial score (nSPS) is 10.3. The molecule has 8 nitrogen and oxygen atoms in total. The van der Waals surface area contributed by atoms with Crippen molar-refractivity contribution in [3.05, 3.63) is 35.5 Å². The second kappa shape index (κ2) is 5.44. The first-order valence-corrected chi connectivity index (χ1v) is 5.66. The van der Waals surface area contributed by atoms with Crippen LogP contribution in [-0.4, -0.2) is 25.7 Å². The molecule has 0 radical (unpaired) electrons. The monoisotopic (exact) mass is 261 g/mol. The number of nitrogens with two attached hydrogens (primary N) is 1. The second-order valence-corrected chi connectivity index (χ2v) is 4.03. The zero-order valence-corrected chi connectivity index (χ0v) is 10.7. The van der Waals surface area contributed by atoms with Gasteiger partial charge in [0.2, 0.25) is 0 Å². The molecule has 0 aliphatic carbocycles. The summed E-state index contributed by atoms with van der Waals surface area (Å²) in [5.41, 5.74) is 4.38. The molecule has 19 heavy (non-hydrogen) atoms. The Morgan fingerprint density at radius 2 is 2.26 bits per heavy atom. The van der Waals surface area contributed by atoms with Gasteiger partial charge >= 0.3 is 0 Å². The van der Waals surface area contributed by atoms with Crippen molar-refractivity contribution in [2.45, 2.75) is 13.5 Å². The summed E-state index contributed by atoms with van der Waals surface area (Å²) in [6.45, 7) is 2.28. The van der Waals surface area contributed by atoms with E-state index in [1.807, 2.05) is 20.2 Å². The minimum Gasteiger partial charge on any atom is -0.346 e. The Morgan fingerprint density at radius 1 is 1.47 bits per heavy atom. The van der Waals surface area contributed by atoms with Crippen LogP contribution in [0.5, 0.6) is 0 Å². The molecule has 0 fully saturated rings. The molecule has 2 rings (SSSR count).